The maximum absolute atomic E-state index is 13.3. The number of ketones is 1. The predicted molar refractivity (Wildman–Crippen MR) is 115 cm³/mol. The summed E-state index contributed by atoms with van der Waals surface area (Å²) in [6, 6.07) is 4.79. The van der Waals surface area contributed by atoms with Crippen molar-refractivity contribution in [2.24, 2.45) is 0 Å². The molecule has 0 spiro atoms. The molecule has 4 heteroatoms. The molecular weight excluding hydrogens is 364 g/mol. The first-order chi connectivity index (χ1) is 13.6. The van der Waals surface area contributed by atoms with Crippen molar-refractivity contribution in [3.8, 4) is 11.5 Å². The molecule has 4 nitrogen and oxygen atoms in total. The Balaban J connectivity index is 2.30. The van der Waals surface area contributed by atoms with Crippen molar-refractivity contribution in [2.45, 2.75) is 53.6 Å². The van der Waals surface area contributed by atoms with Crippen molar-refractivity contribution in [1.29, 1.82) is 0 Å². The highest BCUT2D eigenvalue weighted by Gasteiger charge is 2.37. The summed E-state index contributed by atoms with van der Waals surface area (Å²) in [4.78, 5) is 13.3. The van der Waals surface area contributed by atoms with Crippen LogP contribution >= 0.6 is 0 Å². The van der Waals surface area contributed by atoms with Gasteiger partial charge >= 0.3 is 0 Å². The highest BCUT2D eigenvalue weighted by Crippen LogP contribution is 2.46. The van der Waals surface area contributed by atoms with Crippen molar-refractivity contribution in [3.05, 3.63) is 80.4 Å². The molecule has 152 valence electrons. The molecule has 1 atom stereocenters. The molecule has 2 aromatic carbocycles. The second-order valence-corrected chi connectivity index (χ2v) is 8.21. The van der Waals surface area contributed by atoms with Crippen molar-refractivity contribution in [3.63, 3.8) is 0 Å². The van der Waals surface area contributed by atoms with Crippen LogP contribution in [0.15, 0.2) is 41.5 Å². The van der Waals surface area contributed by atoms with Gasteiger partial charge in [-0.2, -0.15) is 0 Å². The Morgan fingerprint density at radius 2 is 1.52 bits per heavy atom. The zero-order valence-electron chi connectivity index (χ0n) is 17.6. The summed E-state index contributed by atoms with van der Waals surface area (Å²) in [7, 11) is 0. The standard InChI is InChI=1S/C25H28O4/c1-13(2)6-9-16-15(5)8-11-18-21(16)25(29)22-17(10-7-14(3)4)19(26)12-20(27)23(22)24(18)28/h6-8,11-12,25-27,29H,9-10H2,1-5H3/t25-/m0/s1. The van der Waals surface area contributed by atoms with Crippen molar-refractivity contribution in [1.82, 2.24) is 0 Å². The number of hydrogen-bond donors (Lipinski definition) is 3. The zero-order valence-corrected chi connectivity index (χ0v) is 17.6. The average Bonchev–Trinajstić information content (AvgIpc) is 2.63. The summed E-state index contributed by atoms with van der Waals surface area (Å²) in [6.07, 6.45) is 3.87. The number of phenols is 2. The van der Waals surface area contributed by atoms with E-state index in [2.05, 4.69) is 6.08 Å². The van der Waals surface area contributed by atoms with Crippen molar-refractivity contribution < 1.29 is 20.1 Å². The molecular formula is C25H28O4. The van der Waals surface area contributed by atoms with E-state index in [1.54, 1.807) is 6.07 Å². The van der Waals surface area contributed by atoms with Crippen LogP contribution in [0.2, 0.25) is 0 Å². The van der Waals surface area contributed by atoms with Crippen LogP contribution in [0, 0.1) is 6.92 Å². The van der Waals surface area contributed by atoms with Gasteiger partial charge in [-0.15, -0.1) is 0 Å². The van der Waals surface area contributed by atoms with Crippen LogP contribution in [-0.2, 0) is 12.8 Å². The molecule has 0 heterocycles. The molecule has 3 N–H and O–H groups in total. The third-order valence-electron chi connectivity index (χ3n) is 5.47. The molecule has 0 aromatic heterocycles. The van der Waals surface area contributed by atoms with Crippen LogP contribution in [0.4, 0.5) is 0 Å². The largest absolute Gasteiger partial charge is 0.508 e. The first-order valence-corrected chi connectivity index (χ1v) is 9.83. The molecule has 1 aliphatic rings. The zero-order chi connectivity index (χ0) is 21.5. The van der Waals surface area contributed by atoms with Crippen molar-refractivity contribution in [2.75, 3.05) is 0 Å². The summed E-state index contributed by atoms with van der Waals surface area (Å²) in [6.45, 7) is 9.87. The van der Waals surface area contributed by atoms with Gasteiger partial charge < -0.3 is 15.3 Å². The summed E-state index contributed by atoms with van der Waals surface area (Å²) < 4.78 is 0. The number of aromatic hydroxyl groups is 2. The smallest absolute Gasteiger partial charge is 0.197 e. The number of carbonyl (C=O) groups is 1. The SMILES string of the molecule is CC(C)=CCc1c(C)ccc2c1[C@H](O)c1c(CC=C(C)C)c(O)cc(O)c1C2=O. The Morgan fingerprint density at radius 3 is 2.10 bits per heavy atom. The Bertz CT molecular complexity index is 1050. The molecule has 0 fully saturated rings. The fourth-order valence-electron chi connectivity index (χ4n) is 3.92. The Hall–Kier alpha value is -2.85. The van der Waals surface area contributed by atoms with E-state index in [0.717, 1.165) is 22.3 Å². The van der Waals surface area contributed by atoms with Gasteiger partial charge in [-0.25, -0.2) is 0 Å². The average molecular weight is 392 g/mol. The van der Waals surface area contributed by atoms with E-state index < -0.39 is 6.10 Å². The highest BCUT2D eigenvalue weighted by atomic mass is 16.3. The van der Waals surface area contributed by atoms with Gasteiger partial charge in [0.2, 0.25) is 0 Å². The van der Waals surface area contributed by atoms with Crippen molar-refractivity contribution >= 4 is 5.78 Å². The number of benzene rings is 2. The van der Waals surface area contributed by atoms with E-state index >= 15 is 0 Å². The van der Waals surface area contributed by atoms with Gasteiger partial charge in [0, 0.05) is 22.8 Å². The molecule has 0 amide bonds. The Kier molecular flexibility index (Phi) is 5.67. The lowest BCUT2D eigenvalue weighted by Crippen LogP contribution is -2.23. The summed E-state index contributed by atoms with van der Waals surface area (Å²) in [5.41, 5.74) is 5.95. The molecule has 0 bridgehead atoms. The quantitative estimate of drug-likeness (QED) is 0.636. The Morgan fingerprint density at radius 1 is 0.931 bits per heavy atom. The van der Waals surface area contributed by atoms with Crippen LogP contribution in [0.5, 0.6) is 11.5 Å². The molecule has 0 aliphatic heterocycles. The number of rotatable bonds is 4. The minimum Gasteiger partial charge on any atom is -0.508 e. The topological polar surface area (TPSA) is 77.8 Å². The van der Waals surface area contributed by atoms with Gasteiger partial charge in [0.05, 0.1) is 5.56 Å². The third-order valence-corrected chi connectivity index (χ3v) is 5.47. The predicted octanol–water partition coefficient (Wildman–Crippen LogP) is 5.05. The van der Waals surface area contributed by atoms with Crippen LogP contribution in [0.1, 0.15) is 77.5 Å². The van der Waals surface area contributed by atoms with E-state index in [-0.39, 0.29) is 22.8 Å². The van der Waals surface area contributed by atoms with Gasteiger partial charge in [0.25, 0.3) is 0 Å². The fraction of sp³-hybridized carbons (Fsp3) is 0.320. The van der Waals surface area contributed by atoms with Gasteiger partial charge in [0.1, 0.15) is 17.6 Å². The molecule has 0 saturated heterocycles. The van der Waals surface area contributed by atoms with E-state index in [1.165, 1.54) is 6.07 Å². The maximum atomic E-state index is 13.3. The molecule has 0 unspecified atom stereocenters. The van der Waals surface area contributed by atoms with Gasteiger partial charge in [-0.05, 0) is 64.2 Å². The molecule has 1 aliphatic carbocycles. The Labute approximate surface area is 171 Å². The molecule has 3 rings (SSSR count). The number of fused-ring (bicyclic) bond motifs is 2. The second kappa shape index (κ2) is 7.88. The van der Waals surface area contributed by atoms with Crippen LogP contribution in [0.25, 0.3) is 0 Å². The first-order valence-electron chi connectivity index (χ1n) is 9.83. The van der Waals surface area contributed by atoms with E-state index in [1.807, 2.05) is 46.8 Å². The van der Waals surface area contributed by atoms with Gasteiger partial charge in [-0.3, -0.25) is 4.79 Å². The summed E-state index contributed by atoms with van der Waals surface area (Å²) in [5, 5.41) is 32.3. The molecule has 29 heavy (non-hydrogen) atoms. The molecule has 0 radical (unpaired) electrons. The highest BCUT2D eigenvalue weighted by molar-refractivity contribution is 6.15. The summed E-state index contributed by atoms with van der Waals surface area (Å²) >= 11 is 0. The minimum atomic E-state index is -1.10. The van der Waals surface area contributed by atoms with Gasteiger partial charge in [0.15, 0.2) is 5.78 Å². The third kappa shape index (κ3) is 3.73. The fourth-order valence-corrected chi connectivity index (χ4v) is 3.92. The number of aliphatic hydroxyl groups is 1. The van der Waals surface area contributed by atoms with Crippen LogP contribution in [0.3, 0.4) is 0 Å². The lowest BCUT2D eigenvalue weighted by molar-refractivity contribution is 0.101. The minimum absolute atomic E-state index is 0.0805. The van der Waals surface area contributed by atoms with Crippen LogP contribution < -0.4 is 0 Å². The van der Waals surface area contributed by atoms with E-state index in [4.69, 9.17) is 0 Å². The number of aryl methyl sites for hydroxylation is 1. The number of carbonyl (C=O) groups excluding carboxylic acids is 1. The first kappa shape index (κ1) is 20.9. The molecule has 2 aromatic rings. The monoisotopic (exact) mass is 392 g/mol. The maximum Gasteiger partial charge on any atom is 0.197 e. The lowest BCUT2D eigenvalue weighted by atomic mass is 9.76. The second-order valence-electron chi connectivity index (χ2n) is 8.21. The lowest BCUT2D eigenvalue weighted by Gasteiger charge is -2.30. The number of aliphatic hydroxyl groups excluding tert-OH is 1. The number of allylic oxidation sites excluding steroid dienone is 4. The number of hydrogen-bond acceptors (Lipinski definition) is 4. The normalized spacial score (nSPS) is 14.8. The van der Waals surface area contributed by atoms with Gasteiger partial charge in [-0.1, -0.05) is 35.4 Å². The van der Waals surface area contributed by atoms with E-state index in [0.29, 0.717) is 35.1 Å². The van der Waals surface area contributed by atoms with Crippen LogP contribution in [-0.4, -0.2) is 21.1 Å². The van der Waals surface area contributed by atoms with E-state index in [9.17, 15) is 20.1 Å². The number of phenolic OH excluding ortho intramolecular Hbond substituents is 2. The summed E-state index contributed by atoms with van der Waals surface area (Å²) in [5.74, 6) is -0.748. The molecule has 0 saturated carbocycles.